The molecule has 8 heteroatoms. The Bertz CT molecular complexity index is 1310. The van der Waals surface area contributed by atoms with Gasteiger partial charge < -0.3 is 19.4 Å². The number of rotatable bonds is 5. The van der Waals surface area contributed by atoms with Gasteiger partial charge in [0.2, 0.25) is 5.71 Å². The Morgan fingerprint density at radius 2 is 1.91 bits per heavy atom. The molecule has 0 radical (unpaired) electrons. The van der Waals surface area contributed by atoms with E-state index in [1.807, 2.05) is 24.3 Å². The number of fused-ring (bicyclic) bond motifs is 3. The molecule has 5 atom stereocenters. The molecule has 3 heterocycles. The lowest BCUT2D eigenvalue weighted by molar-refractivity contribution is -0.135. The first-order valence-electron chi connectivity index (χ1n) is 12.6. The minimum Gasteiger partial charge on any atom is -0.461 e. The number of carbonyl (C=O) groups excluding carboxylic acids is 1. The molecular weight excluding hydrogens is 444 g/mol. The molecule has 3 aliphatic carbocycles. The fraction of sp³-hybridized carbons (Fsp3) is 0.481. The molecule has 1 aromatic carbocycles. The molecule has 5 aliphatic rings. The van der Waals surface area contributed by atoms with Gasteiger partial charge in [0.15, 0.2) is 5.69 Å². The van der Waals surface area contributed by atoms with Crippen LogP contribution in [0.2, 0.25) is 0 Å². The van der Waals surface area contributed by atoms with Crippen LogP contribution in [-0.2, 0) is 9.53 Å². The van der Waals surface area contributed by atoms with E-state index in [2.05, 4.69) is 27.8 Å². The van der Waals surface area contributed by atoms with Crippen LogP contribution in [0, 0.1) is 11.8 Å². The van der Waals surface area contributed by atoms with Crippen LogP contribution in [0.4, 0.5) is 0 Å². The van der Waals surface area contributed by atoms with Crippen molar-refractivity contribution >= 4 is 22.7 Å². The average molecular weight is 475 g/mol. The molecule has 2 aliphatic heterocycles. The number of nitrogens with zero attached hydrogens (tertiary/aromatic N) is 4. The number of allylic oxidation sites excluding steroid dienone is 2. The fourth-order valence-corrected chi connectivity index (χ4v) is 6.53. The van der Waals surface area contributed by atoms with Crippen LogP contribution in [0.1, 0.15) is 57.2 Å². The van der Waals surface area contributed by atoms with Crippen LogP contribution in [-0.4, -0.2) is 50.0 Å². The maximum Gasteiger partial charge on any atom is 0.362 e. The maximum absolute atomic E-state index is 13.8. The second-order valence-corrected chi connectivity index (χ2v) is 10.1. The zero-order valence-electron chi connectivity index (χ0n) is 19.9. The molecule has 8 nitrogen and oxygen atoms in total. The number of hydrogen-bond donors (Lipinski definition) is 1. The van der Waals surface area contributed by atoms with Gasteiger partial charge in [0.1, 0.15) is 0 Å². The van der Waals surface area contributed by atoms with Crippen LogP contribution in [0.3, 0.4) is 0 Å². The second kappa shape index (κ2) is 8.36. The van der Waals surface area contributed by atoms with Crippen molar-refractivity contribution in [2.24, 2.45) is 17.0 Å². The van der Waals surface area contributed by atoms with Crippen LogP contribution in [0.25, 0.3) is 11.0 Å². The Kier molecular flexibility index (Phi) is 5.27. The summed E-state index contributed by atoms with van der Waals surface area (Å²) < 4.78 is 6.79. The number of carbonyl (C=O) groups is 1. The van der Waals surface area contributed by atoms with Crippen LogP contribution >= 0.6 is 0 Å². The molecule has 3 saturated carbocycles. The third-order valence-electron chi connectivity index (χ3n) is 8.43. The molecule has 5 fully saturated rings. The second-order valence-electron chi connectivity index (χ2n) is 10.1. The van der Waals surface area contributed by atoms with Gasteiger partial charge in [-0.2, -0.15) is 0 Å². The molecule has 2 aromatic rings. The number of ether oxygens (including phenoxy) is 1. The standard InChI is InChI=1S/C27H30N4O4/c1-3-35-27(33)25(29-34)24-26(32)31(23-10-5-4-9-22(23)28-24)18-11-16-7-6-8-17(12-18)30(16)14-21-19-13-20(21)15(19)2/h4-5,9-10,14,16-20,34H,2-3,6-8,11-13H2,1H3/b21-14?,29-25-/t16-,17+,18?,19?,20?. The highest BCUT2D eigenvalue weighted by Gasteiger charge is 2.52. The Labute approximate surface area is 203 Å². The van der Waals surface area contributed by atoms with E-state index in [1.54, 1.807) is 11.5 Å². The third-order valence-corrected chi connectivity index (χ3v) is 8.43. The summed E-state index contributed by atoms with van der Waals surface area (Å²) in [5.74, 6) is 0.319. The van der Waals surface area contributed by atoms with Gasteiger partial charge in [0.05, 0.1) is 17.6 Å². The quantitative estimate of drug-likeness (QED) is 0.233. The van der Waals surface area contributed by atoms with Gasteiger partial charge in [-0.15, -0.1) is 0 Å². The fourth-order valence-electron chi connectivity index (χ4n) is 6.53. The largest absolute Gasteiger partial charge is 0.461 e. The summed E-state index contributed by atoms with van der Waals surface area (Å²) in [6, 6.07) is 8.14. The zero-order valence-corrected chi connectivity index (χ0v) is 19.9. The molecule has 35 heavy (non-hydrogen) atoms. The normalized spacial score (nSPS) is 29.5. The van der Waals surface area contributed by atoms with Gasteiger partial charge in [-0.1, -0.05) is 29.4 Å². The van der Waals surface area contributed by atoms with E-state index >= 15 is 0 Å². The molecule has 7 rings (SSSR count). The van der Waals surface area contributed by atoms with E-state index in [0.29, 0.717) is 29.4 Å². The van der Waals surface area contributed by atoms with Crippen LogP contribution in [0.5, 0.6) is 0 Å². The summed E-state index contributed by atoms with van der Waals surface area (Å²) in [4.78, 5) is 33.2. The maximum atomic E-state index is 13.8. The summed E-state index contributed by atoms with van der Waals surface area (Å²) >= 11 is 0. The predicted octanol–water partition coefficient (Wildman–Crippen LogP) is 3.79. The lowest BCUT2D eigenvalue weighted by atomic mass is 9.49. The predicted molar refractivity (Wildman–Crippen MR) is 131 cm³/mol. The number of hydrogen-bond acceptors (Lipinski definition) is 7. The SMILES string of the molecule is C=C1C2CC1C2=CN1[C@@H]2CCC[C@H]1CC(n1c(=O)c(/C(=N/O)C(=O)OCC)nc3ccccc31)C2. The van der Waals surface area contributed by atoms with Crippen molar-refractivity contribution in [3.05, 3.63) is 64.2 Å². The van der Waals surface area contributed by atoms with Gasteiger partial charge in [0, 0.05) is 36.2 Å². The van der Waals surface area contributed by atoms with Crippen LogP contribution < -0.4 is 5.56 Å². The minimum absolute atomic E-state index is 0.0351. The monoisotopic (exact) mass is 474 g/mol. The highest BCUT2D eigenvalue weighted by molar-refractivity contribution is 6.42. The summed E-state index contributed by atoms with van der Waals surface area (Å²) in [7, 11) is 0. The Balaban J connectivity index is 1.39. The van der Waals surface area contributed by atoms with Gasteiger partial charge in [-0.05, 0) is 63.2 Å². The Morgan fingerprint density at radius 3 is 2.54 bits per heavy atom. The van der Waals surface area contributed by atoms with E-state index in [9.17, 15) is 14.8 Å². The van der Waals surface area contributed by atoms with Crippen molar-refractivity contribution in [3.8, 4) is 0 Å². The smallest absolute Gasteiger partial charge is 0.362 e. The molecular formula is C27H30N4O4. The molecule has 4 bridgehead atoms. The van der Waals surface area contributed by atoms with Gasteiger partial charge in [-0.3, -0.25) is 4.79 Å². The van der Waals surface area contributed by atoms with E-state index in [1.165, 1.54) is 24.0 Å². The summed E-state index contributed by atoms with van der Waals surface area (Å²) in [5, 5.41) is 12.7. The van der Waals surface area contributed by atoms with Gasteiger partial charge in [-0.25, -0.2) is 9.78 Å². The molecule has 1 aromatic heterocycles. The zero-order chi connectivity index (χ0) is 24.3. The molecule has 0 amide bonds. The number of esters is 1. The summed E-state index contributed by atoms with van der Waals surface area (Å²) in [6.45, 7) is 5.95. The number of piperidine rings is 2. The van der Waals surface area contributed by atoms with Crippen LogP contribution in [0.15, 0.2) is 58.1 Å². The van der Waals surface area contributed by atoms with Crippen molar-refractivity contribution in [2.45, 2.75) is 63.6 Å². The Hall–Kier alpha value is -3.42. The third kappa shape index (κ3) is 3.33. The first-order valence-corrected chi connectivity index (χ1v) is 12.6. The molecule has 182 valence electrons. The van der Waals surface area contributed by atoms with E-state index in [4.69, 9.17) is 4.74 Å². The summed E-state index contributed by atoms with van der Waals surface area (Å²) in [5.41, 5.74) is 3.19. The van der Waals surface area contributed by atoms with Crippen molar-refractivity contribution in [1.82, 2.24) is 14.5 Å². The molecule has 3 unspecified atom stereocenters. The highest BCUT2D eigenvalue weighted by Crippen LogP contribution is 2.62. The molecule has 2 saturated heterocycles. The number of benzene rings is 1. The van der Waals surface area contributed by atoms with Crippen molar-refractivity contribution in [1.29, 1.82) is 0 Å². The van der Waals surface area contributed by atoms with E-state index < -0.39 is 17.2 Å². The van der Waals surface area contributed by atoms with Gasteiger partial charge in [0.25, 0.3) is 5.56 Å². The summed E-state index contributed by atoms with van der Waals surface area (Å²) in [6.07, 6.45) is 8.75. The topological polar surface area (TPSA) is 97.0 Å². The number of oxime groups is 1. The van der Waals surface area contributed by atoms with E-state index in [-0.39, 0.29) is 18.3 Å². The number of para-hydroxylation sites is 2. The lowest BCUT2D eigenvalue weighted by Crippen LogP contribution is -2.53. The number of aromatic nitrogens is 2. The Morgan fingerprint density at radius 1 is 1.20 bits per heavy atom. The average Bonchev–Trinajstić information content (AvgIpc) is 2.82. The molecule has 0 spiro atoms. The van der Waals surface area contributed by atoms with Crippen molar-refractivity contribution in [3.63, 3.8) is 0 Å². The van der Waals surface area contributed by atoms with Crippen molar-refractivity contribution < 1.29 is 14.7 Å². The van der Waals surface area contributed by atoms with Crippen molar-refractivity contribution in [2.75, 3.05) is 6.61 Å². The van der Waals surface area contributed by atoms with Gasteiger partial charge >= 0.3 is 5.97 Å². The first kappa shape index (κ1) is 22.1. The molecule has 1 N–H and O–H groups in total. The first-order chi connectivity index (χ1) is 17.0. The van der Waals surface area contributed by atoms with E-state index in [0.717, 1.165) is 31.2 Å². The minimum atomic E-state index is -0.861. The highest BCUT2D eigenvalue weighted by atomic mass is 16.5. The lowest BCUT2D eigenvalue weighted by Gasteiger charge is -2.58.